The number of hydrogen-bond acceptors (Lipinski definition) is 10. The van der Waals surface area contributed by atoms with E-state index < -0.39 is 17.7 Å². The summed E-state index contributed by atoms with van der Waals surface area (Å²) in [5.41, 5.74) is 1.47. The van der Waals surface area contributed by atoms with Gasteiger partial charge >= 0.3 is 5.97 Å². The molecule has 0 spiro atoms. The average Bonchev–Trinajstić information content (AvgIpc) is 3.51. The first-order valence-electron chi connectivity index (χ1n) is 10.7. The lowest BCUT2D eigenvalue weighted by molar-refractivity contribution is -0.135. The van der Waals surface area contributed by atoms with Crippen molar-refractivity contribution in [2.45, 2.75) is 31.5 Å². The fourth-order valence-corrected chi connectivity index (χ4v) is 4.26. The number of nitrogens with zero attached hydrogens (tertiary/aromatic N) is 7. The lowest BCUT2D eigenvalue weighted by atomic mass is 9.90. The lowest BCUT2D eigenvalue weighted by Gasteiger charge is -2.43. The van der Waals surface area contributed by atoms with Crippen LogP contribution in [0.2, 0.25) is 0 Å². The molecule has 2 aromatic rings. The second kappa shape index (κ2) is 9.73. The van der Waals surface area contributed by atoms with Crippen molar-refractivity contribution in [3.05, 3.63) is 41.5 Å². The molecule has 1 fully saturated rings. The number of carbonyl (C=O) groups is 2. The van der Waals surface area contributed by atoms with Gasteiger partial charge in [0, 0.05) is 44.1 Å². The van der Waals surface area contributed by atoms with E-state index >= 15 is 0 Å². The molecule has 2 aromatic heterocycles. The van der Waals surface area contributed by atoms with E-state index in [9.17, 15) is 14.7 Å². The highest BCUT2D eigenvalue weighted by atomic mass is 16.5. The van der Waals surface area contributed by atoms with Crippen LogP contribution in [0.4, 0.5) is 0 Å². The van der Waals surface area contributed by atoms with Gasteiger partial charge in [0.15, 0.2) is 5.82 Å². The molecule has 12 nitrogen and oxygen atoms in total. The largest absolute Gasteiger partial charge is 0.456 e. The van der Waals surface area contributed by atoms with Crippen molar-refractivity contribution in [2.24, 2.45) is 0 Å². The van der Waals surface area contributed by atoms with Crippen molar-refractivity contribution in [1.29, 1.82) is 0 Å². The first-order chi connectivity index (χ1) is 15.9. The number of carbonyl (C=O) groups excluding carboxylic acids is 2. The molecule has 0 aromatic carbocycles. The molecular formula is C21H27N7O5. The summed E-state index contributed by atoms with van der Waals surface area (Å²) in [6, 6.07) is 3.61. The molecule has 176 valence electrons. The normalized spacial score (nSPS) is 19.1. The fourth-order valence-electron chi connectivity index (χ4n) is 4.26. The number of piperidine rings is 1. The van der Waals surface area contributed by atoms with Crippen LogP contribution in [0, 0.1) is 6.92 Å². The second-order valence-electron chi connectivity index (χ2n) is 8.28. The van der Waals surface area contributed by atoms with E-state index in [2.05, 4.69) is 25.4 Å². The van der Waals surface area contributed by atoms with Gasteiger partial charge in [-0.2, -0.15) is 4.68 Å². The summed E-state index contributed by atoms with van der Waals surface area (Å²) in [6.45, 7) is 4.13. The molecule has 0 radical (unpaired) electrons. The van der Waals surface area contributed by atoms with Crippen molar-refractivity contribution in [1.82, 2.24) is 35.0 Å². The predicted molar refractivity (Wildman–Crippen MR) is 114 cm³/mol. The third-order valence-corrected chi connectivity index (χ3v) is 6.29. The third-order valence-electron chi connectivity index (χ3n) is 6.29. The number of rotatable bonds is 9. The predicted octanol–water partition coefficient (Wildman–Crippen LogP) is -0.221. The molecule has 0 saturated carbocycles. The second-order valence-corrected chi connectivity index (χ2v) is 8.28. The van der Waals surface area contributed by atoms with E-state index in [1.54, 1.807) is 13.2 Å². The summed E-state index contributed by atoms with van der Waals surface area (Å²) < 4.78 is 12.2. The maximum atomic E-state index is 11.6. The van der Waals surface area contributed by atoms with Gasteiger partial charge in [0.2, 0.25) is 6.41 Å². The van der Waals surface area contributed by atoms with E-state index in [1.165, 1.54) is 22.0 Å². The Bertz CT molecular complexity index is 1020. The number of amides is 1. The molecule has 0 aliphatic carbocycles. The smallest absolute Gasteiger partial charge is 0.333 e. The molecular weight excluding hydrogens is 430 g/mol. The SMILES string of the molecule is COC1(CN(C=O)C2=CC(=O)OC2)CCN(CC(O)c2ccc(-n3cnnn3)nc2C)CC1. The lowest BCUT2D eigenvalue weighted by Crippen LogP contribution is -2.52. The summed E-state index contributed by atoms with van der Waals surface area (Å²) in [5, 5.41) is 21.9. The molecule has 12 heteroatoms. The number of ether oxygens (including phenoxy) is 2. The van der Waals surface area contributed by atoms with Gasteiger partial charge in [0.05, 0.1) is 23.9 Å². The van der Waals surface area contributed by atoms with Crippen molar-refractivity contribution in [2.75, 3.05) is 39.9 Å². The number of pyridine rings is 1. The average molecular weight is 457 g/mol. The molecule has 1 atom stereocenters. The zero-order valence-corrected chi connectivity index (χ0v) is 18.6. The Morgan fingerprint density at radius 2 is 2.15 bits per heavy atom. The number of aryl methyl sites for hydroxylation is 1. The van der Waals surface area contributed by atoms with Crippen molar-refractivity contribution in [3.63, 3.8) is 0 Å². The Morgan fingerprint density at radius 1 is 1.36 bits per heavy atom. The number of aliphatic hydroxyl groups excluding tert-OH is 1. The Morgan fingerprint density at radius 3 is 2.73 bits per heavy atom. The van der Waals surface area contributed by atoms with Crippen LogP contribution in [0.25, 0.3) is 5.82 Å². The number of tetrazole rings is 1. The number of cyclic esters (lactones) is 1. The van der Waals surface area contributed by atoms with Gasteiger partial charge in [0.1, 0.15) is 12.9 Å². The molecule has 4 rings (SSSR count). The highest BCUT2D eigenvalue weighted by Crippen LogP contribution is 2.30. The van der Waals surface area contributed by atoms with Gasteiger partial charge in [-0.15, -0.1) is 5.10 Å². The molecule has 0 bridgehead atoms. The highest BCUT2D eigenvalue weighted by Gasteiger charge is 2.38. The molecule has 1 saturated heterocycles. The molecule has 2 aliphatic heterocycles. The van der Waals surface area contributed by atoms with Crippen LogP contribution in [-0.2, 0) is 19.1 Å². The van der Waals surface area contributed by atoms with E-state index in [0.717, 1.165) is 5.56 Å². The van der Waals surface area contributed by atoms with E-state index in [-0.39, 0.29) is 6.61 Å². The van der Waals surface area contributed by atoms with Crippen LogP contribution in [0.1, 0.15) is 30.2 Å². The molecule has 2 aliphatic rings. The zero-order chi connectivity index (χ0) is 23.4. The fraction of sp³-hybridized carbons (Fsp3) is 0.524. The Kier molecular flexibility index (Phi) is 6.77. The van der Waals surface area contributed by atoms with Crippen molar-refractivity contribution in [3.8, 4) is 5.82 Å². The number of aromatic nitrogens is 5. The molecule has 33 heavy (non-hydrogen) atoms. The maximum absolute atomic E-state index is 11.6. The maximum Gasteiger partial charge on any atom is 0.333 e. The Labute approximate surface area is 190 Å². The summed E-state index contributed by atoms with van der Waals surface area (Å²) in [5.74, 6) is 0.142. The molecule has 1 N–H and O–H groups in total. The van der Waals surface area contributed by atoms with Crippen LogP contribution in [0.3, 0.4) is 0 Å². The minimum absolute atomic E-state index is 0.0925. The van der Waals surface area contributed by atoms with Crippen LogP contribution >= 0.6 is 0 Å². The minimum Gasteiger partial charge on any atom is -0.456 e. The van der Waals surface area contributed by atoms with Gasteiger partial charge < -0.3 is 24.4 Å². The van der Waals surface area contributed by atoms with Gasteiger partial charge in [-0.1, -0.05) is 6.07 Å². The van der Waals surface area contributed by atoms with Crippen molar-refractivity contribution < 1.29 is 24.2 Å². The number of likely N-dealkylation sites (tertiary alicyclic amines) is 1. The topological polar surface area (TPSA) is 136 Å². The van der Waals surface area contributed by atoms with E-state index in [1.807, 2.05) is 13.0 Å². The monoisotopic (exact) mass is 457 g/mol. The van der Waals surface area contributed by atoms with Crippen LogP contribution in [-0.4, -0.2) is 98.0 Å². The number of esters is 1. The van der Waals surface area contributed by atoms with Gasteiger partial charge in [-0.3, -0.25) is 4.79 Å². The van der Waals surface area contributed by atoms with Crippen LogP contribution < -0.4 is 0 Å². The first-order valence-corrected chi connectivity index (χ1v) is 10.7. The van der Waals surface area contributed by atoms with Gasteiger partial charge in [-0.05, 0) is 36.3 Å². The summed E-state index contributed by atoms with van der Waals surface area (Å²) in [7, 11) is 1.64. The molecule has 1 amide bonds. The number of hydrogen-bond donors (Lipinski definition) is 1. The van der Waals surface area contributed by atoms with Gasteiger partial charge in [-0.25, -0.2) is 9.78 Å². The summed E-state index contributed by atoms with van der Waals surface area (Å²) >= 11 is 0. The minimum atomic E-state index is -0.700. The molecule has 4 heterocycles. The van der Waals surface area contributed by atoms with E-state index in [0.29, 0.717) is 62.6 Å². The number of β-amino-alcohol motifs (C(OH)–C–C–N with tert-alkyl or cyclic N) is 1. The zero-order valence-electron chi connectivity index (χ0n) is 18.6. The van der Waals surface area contributed by atoms with Crippen LogP contribution in [0.15, 0.2) is 30.2 Å². The van der Waals surface area contributed by atoms with Crippen LogP contribution in [0.5, 0.6) is 0 Å². The van der Waals surface area contributed by atoms with Gasteiger partial charge in [0.25, 0.3) is 0 Å². The highest BCUT2D eigenvalue weighted by molar-refractivity contribution is 5.85. The Balaban J connectivity index is 1.35. The van der Waals surface area contributed by atoms with E-state index in [4.69, 9.17) is 9.47 Å². The summed E-state index contributed by atoms with van der Waals surface area (Å²) in [4.78, 5) is 31.1. The third kappa shape index (κ3) is 5.07. The summed E-state index contributed by atoms with van der Waals surface area (Å²) in [6.07, 6.45) is 4.17. The first kappa shape index (κ1) is 23.0. The standard InChI is InChI=1S/C21H27N7O5/c1-15-17(3-4-19(23-15)28-13-22-24-25-28)18(30)10-26-7-5-21(32-2,6-8-26)12-27(14-29)16-9-20(31)33-11-16/h3-4,9,13-14,18,30H,5-8,10-12H2,1-2H3. The number of aliphatic hydroxyl groups is 1. The Hall–Kier alpha value is -3.22. The van der Waals surface area contributed by atoms with Crippen molar-refractivity contribution >= 4 is 12.4 Å². The quantitative estimate of drug-likeness (QED) is 0.397. The molecule has 1 unspecified atom stereocenters. The number of methoxy groups -OCH3 is 1.